The molecule has 1 aliphatic rings. The lowest BCUT2D eigenvalue weighted by atomic mass is 10.1. The summed E-state index contributed by atoms with van der Waals surface area (Å²) in [4.78, 5) is 9.22. The molecular formula is C14H26N4O2. The van der Waals surface area contributed by atoms with E-state index in [1.165, 1.54) is 0 Å². The zero-order valence-electron chi connectivity index (χ0n) is 12.8. The normalized spacial score (nSPS) is 21.4. The molecule has 0 bridgehead atoms. The van der Waals surface area contributed by atoms with Crippen molar-refractivity contribution in [1.29, 1.82) is 0 Å². The van der Waals surface area contributed by atoms with Crippen LogP contribution in [0.2, 0.25) is 0 Å². The Kier molecular flexibility index (Phi) is 5.94. The number of piperazine rings is 1. The molecule has 6 heteroatoms. The SMILES string of the molecule is CCOCCN1CCN(Cc2nc(C)no2)CC1CC. The van der Waals surface area contributed by atoms with E-state index < -0.39 is 0 Å². The summed E-state index contributed by atoms with van der Waals surface area (Å²) in [6.07, 6.45) is 1.16. The van der Waals surface area contributed by atoms with Crippen LogP contribution >= 0.6 is 0 Å². The summed E-state index contributed by atoms with van der Waals surface area (Å²) in [6, 6.07) is 0.591. The van der Waals surface area contributed by atoms with Gasteiger partial charge in [-0.05, 0) is 20.3 Å². The Bertz CT molecular complexity index is 396. The van der Waals surface area contributed by atoms with Crippen LogP contribution in [0, 0.1) is 6.92 Å². The molecule has 1 fully saturated rings. The first-order chi connectivity index (χ1) is 9.72. The van der Waals surface area contributed by atoms with Crippen molar-refractivity contribution < 1.29 is 9.26 Å². The second-order valence-corrected chi connectivity index (χ2v) is 5.27. The van der Waals surface area contributed by atoms with Crippen molar-refractivity contribution >= 4 is 0 Å². The Morgan fingerprint density at radius 1 is 1.35 bits per heavy atom. The summed E-state index contributed by atoms with van der Waals surface area (Å²) in [5.74, 6) is 1.43. The molecule has 0 spiro atoms. The fourth-order valence-corrected chi connectivity index (χ4v) is 2.70. The van der Waals surface area contributed by atoms with E-state index in [9.17, 15) is 0 Å². The van der Waals surface area contributed by atoms with Crippen LogP contribution in [0.15, 0.2) is 4.52 Å². The Labute approximate surface area is 121 Å². The monoisotopic (exact) mass is 282 g/mol. The van der Waals surface area contributed by atoms with E-state index in [1.807, 2.05) is 13.8 Å². The summed E-state index contributed by atoms with van der Waals surface area (Å²) in [5, 5.41) is 3.85. The molecule has 0 aliphatic carbocycles. The van der Waals surface area contributed by atoms with Crippen LogP contribution in [0.25, 0.3) is 0 Å². The van der Waals surface area contributed by atoms with Crippen molar-refractivity contribution in [2.24, 2.45) is 0 Å². The van der Waals surface area contributed by atoms with Gasteiger partial charge in [-0.1, -0.05) is 12.1 Å². The molecule has 1 aromatic rings. The minimum Gasteiger partial charge on any atom is -0.380 e. The van der Waals surface area contributed by atoms with Crippen molar-refractivity contribution in [3.05, 3.63) is 11.7 Å². The smallest absolute Gasteiger partial charge is 0.240 e. The molecule has 1 aliphatic heterocycles. The van der Waals surface area contributed by atoms with E-state index >= 15 is 0 Å². The van der Waals surface area contributed by atoms with Crippen LogP contribution in [0.4, 0.5) is 0 Å². The minimum atomic E-state index is 0.591. The number of ether oxygens (including phenoxy) is 1. The van der Waals surface area contributed by atoms with E-state index in [4.69, 9.17) is 9.26 Å². The van der Waals surface area contributed by atoms with Gasteiger partial charge in [-0.25, -0.2) is 0 Å². The fourth-order valence-electron chi connectivity index (χ4n) is 2.70. The highest BCUT2D eigenvalue weighted by Crippen LogP contribution is 2.14. The van der Waals surface area contributed by atoms with Gasteiger partial charge in [0.15, 0.2) is 5.82 Å². The lowest BCUT2D eigenvalue weighted by molar-refractivity contribution is 0.0350. The van der Waals surface area contributed by atoms with Crippen molar-refractivity contribution in [3.63, 3.8) is 0 Å². The van der Waals surface area contributed by atoms with E-state index in [2.05, 4.69) is 26.9 Å². The molecule has 114 valence electrons. The van der Waals surface area contributed by atoms with E-state index in [0.717, 1.165) is 58.2 Å². The average molecular weight is 282 g/mol. The first-order valence-electron chi connectivity index (χ1n) is 7.56. The third kappa shape index (κ3) is 4.26. The Morgan fingerprint density at radius 2 is 2.20 bits per heavy atom. The lowest BCUT2D eigenvalue weighted by Gasteiger charge is -2.40. The maximum absolute atomic E-state index is 5.47. The molecule has 1 saturated heterocycles. The number of nitrogens with zero attached hydrogens (tertiary/aromatic N) is 4. The second kappa shape index (κ2) is 7.71. The predicted octanol–water partition coefficient (Wildman–Crippen LogP) is 1.31. The van der Waals surface area contributed by atoms with E-state index in [-0.39, 0.29) is 0 Å². The van der Waals surface area contributed by atoms with Crippen LogP contribution in [0.1, 0.15) is 32.0 Å². The lowest BCUT2D eigenvalue weighted by Crippen LogP contribution is -2.53. The van der Waals surface area contributed by atoms with E-state index in [0.29, 0.717) is 11.9 Å². The number of aromatic nitrogens is 2. The molecular weight excluding hydrogens is 256 g/mol. The molecule has 2 rings (SSSR count). The molecule has 1 unspecified atom stereocenters. The molecule has 2 heterocycles. The topological polar surface area (TPSA) is 54.6 Å². The van der Waals surface area contributed by atoms with Gasteiger partial charge in [-0.2, -0.15) is 4.98 Å². The van der Waals surface area contributed by atoms with Gasteiger partial charge in [0.2, 0.25) is 5.89 Å². The van der Waals surface area contributed by atoms with Gasteiger partial charge in [-0.15, -0.1) is 0 Å². The molecule has 1 aromatic heterocycles. The predicted molar refractivity (Wildman–Crippen MR) is 76.5 cm³/mol. The highest BCUT2D eigenvalue weighted by molar-refractivity contribution is 4.87. The average Bonchev–Trinajstić information content (AvgIpc) is 2.85. The number of hydrogen-bond acceptors (Lipinski definition) is 6. The standard InChI is InChI=1S/C14H26N4O2/c1-4-13-10-17(11-14-15-12(3)16-20-14)6-7-18(13)8-9-19-5-2/h13H,4-11H2,1-3H3. The maximum atomic E-state index is 5.47. The summed E-state index contributed by atoms with van der Waals surface area (Å²) < 4.78 is 10.7. The van der Waals surface area contributed by atoms with Gasteiger partial charge < -0.3 is 9.26 Å². The third-order valence-corrected chi connectivity index (χ3v) is 3.82. The van der Waals surface area contributed by atoms with Gasteiger partial charge in [-0.3, -0.25) is 9.80 Å². The summed E-state index contributed by atoms with van der Waals surface area (Å²) in [5.41, 5.74) is 0. The fraction of sp³-hybridized carbons (Fsp3) is 0.857. The quantitative estimate of drug-likeness (QED) is 0.703. The Balaban J connectivity index is 1.81. The highest BCUT2D eigenvalue weighted by atomic mass is 16.5. The Hall–Kier alpha value is -0.980. The van der Waals surface area contributed by atoms with Crippen molar-refractivity contribution in [1.82, 2.24) is 19.9 Å². The van der Waals surface area contributed by atoms with Gasteiger partial charge in [0.1, 0.15) is 0 Å². The van der Waals surface area contributed by atoms with Crippen LogP contribution in [-0.2, 0) is 11.3 Å². The third-order valence-electron chi connectivity index (χ3n) is 3.82. The van der Waals surface area contributed by atoms with Crippen LogP contribution in [-0.4, -0.2) is 65.4 Å². The van der Waals surface area contributed by atoms with Gasteiger partial charge in [0.05, 0.1) is 13.2 Å². The van der Waals surface area contributed by atoms with Crippen molar-refractivity contribution in [2.45, 2.75) is 39.8 Å². The second-order valence-electron chi connectivity index (χ2n) is 5.27. The molecule has 0 N–H and O–H groups in total. The Morgan fingerprint density at radius 3 is 2.85 bits per heavy atom. The first kappa shape index (κ1) is 15.4. The largest absolute Gasteiger partial charge is 0.380 e. The van der Waals surface area contributed by atoms with Crippen molar-refractivity contribution in [2.75, 3.05) is 39.4 Å². The molecule has 0 aromatic carbocycles. The van der Waals surface area contributed by atoms with Gasteiger partial charge >= 0.3 is 0 Å². The molecule has 20 heavy (non-hydrogen) atoms. The molecule has 0 saturated carbocycles. The zero-order valence-corrected chi connectivity index (χ0v) is 12.8. The number of hydrogen-bond donors (Lipinski definition) is 0. The van der Waals surface area contributed by atoms with Crippen LogP contribution < -0.4 is 0 Å². The molecule has 1 atom stereocenters. The van der Waals surface area contributed by atoms with E-state index in [1.54, 1.807) is 0 Å². The molecule has 0 radical (unpaired) electrons. The number of aryl methyl sites for hydroxylation is 1. The summed E-state index contributed by atoms with van der Waals surface area (Å²) >= 11 is 0. The summed E-state index contributed by atoms with van der Waals surface area (Å²) in [7, 11) is 0. The van der Waals surface area contributed by atoms with Crippen molar-refractivity contribution in [3.8, 4) is 0 Å². The zero-order chi connectivity index (χ0) is 14.4. The minimum absolute atomic E-state index is 0.591. The van der Waals surface area contributed by atoms with Gasteiger partial charge in [0.25, 0.3) is 0 Å². The van der Waals surface area contributed by atoms with Crippen LogP contribution in [0.5, 0.6) is 0 Å². The highest BCUT2D eigenvalue weighted by Gasteiger charge is 2.26. The molecule has 0 amide bonds. The first-order valence-corrected chi connectivity index (χ1v) is 7.56. The van der Waals surface area contributed by atoms with Crippen LogP contribution in [0.3, 0.4) is 0 Å². The molecule has 6 nitrogen and oxygen atoms in total. The van der Waals surface area contributed by atoms with Gasteiger partial charge in [0, 0.05) is 38.8 Å². The number of rotatable bonds is 7. The summed E-state index contributed by atoms with van der Waals surface area (Å²) in [6.45, 7) is 12.8. The maximum Gasteiger partial charge on any atom is 0.240 e.